The van der Waals surface area contributed by atoms with Crippen LogP contribution < -0.4 is 10.1 Å². The molecule has 2 aromatic rings. The van der Waals surface area contributed by atoms with E-state index < -0.39 is 0 Å². The van der Waals surface area contributed by atoms with Crippen LogP contribution in [0.5, 0.6) is 5.75 Å². The number of nitrogens with one attached hydrogen (secondary N) is 1. The Hall–Kier alpha value is -2.51. The van der Waals surface area contributed by atoms with Gasteiger partial charge in [-0.15, -0.1) is 0 Å². The highest BCUT2D eigenvalue weighted by Crippen LogP contribution is 2.33. The van der Waals surface area contributed by atoms with E-state index in [-0.39, 0.29) is 5.91 Å². The van der Waals surface area contributed by atoms with Gasteiger partial charge in [0.1, 0.15) is 12.1 Å². The van der Waals surface area contributed by atoms with Crippen molar-refractivity contribution in [2.75, 3.05) is 38.7 Å². The van der Waals surface area contributed by atoms with Gasteiger partial charge in [-0.05, 0) is 44.7 Å². The van der Waals surface area contributed by atoms with Gasteiger partial charge in [-0.25, -0.2) is 9.97 Å². The number of hydrogen-bond donors (Lipinski definition) is 1. The van der Waals surface area contributed by atoms with Gasteiger partial charge < -0.3 is 14.8 Å². The summed E-state index contributed by atoms with van der Waals surface area (Å²) >= 11 is 0. The Balaban J connectivity index is 1.39. The van der Waals surface area contributed by atoms with Crippen LogP contribution in [-0.4, -0.2) is 60.2 Å². The van der Waals surface area contributed by atoms with E-state index in [2.05, 4.69) is 27.2 Å². The molecule has 1 saturated carbocycles. The van der Waals surface area contributed by atoms with Crippen molar-refractivity contribution in [1.29, 1.82) is 0 Å². The van der Waals surface area contributed by atoms with Crippen molar-refractivity contribution in [3.63, 3.8) is 0 Å². The molecular weight excluding hydrogens is 368 g/mol. The predicted octanol–water partition coefficient (Wildman–Crippen LogP) is 3.02. The topological polar surface area (TPSA) is 76.6 Å². The molecule has 4 rings (SSSR count). The van der Waals surface area contributed by atoms with Crippen molar-refractivity contribution in [2.45, 2.75) is 31.7 Å². The number of aromatic nitrogens is 2. The quantitative estimate of drug-likeness (QED) is 0.691. The smallest absolute Gasteiger partial charge is 0.248 e. The molecule has 0 atom stereocenters. The summed E-state index contributed by atoms with van der Waals surface area (Å²) in [6.07, 6.45) is 11.2. The summed E-state index contributed by atoms with van der Waals surface area (Å²) in [6, 6.07) is 4.26. The molecular formula is C22H28N4O3. The first kappa shape index (κ1) is 19.8. The van der Waals surface area contributed by atoms with Crippen LogP contribution >= 0.6 is 0 Å². The van der Waals surface area contributed by atoms with E-state index in [1.165, 1.54) is 19.2 Å². The second-order valence-corrected chi connectivity index (χ2v) is 7.86. The summed E-state index contributed by atoms with van der Waals surface area (Å²) in [6.45, 7) is 3.03. The van der Waals surface area contributed by atoms with E-state index in [1.807, 2.05) is 18.2 Å². The first-order valence-electron chi connectivity index (χ1n) is 10.3. The number of carbonyl (C=O) groups is 1. The summed E-state index contributed by atoms with van der Waals surface area (Å²) in [4.78, 5) is 23.1. The van der Waals surface area contributed by atoms with Crippen LogP contribution in [0, 0.1) is 5.92 Å². The molecule has 1 saturated heterocycles. The van der Waals surface area contributed by atoms with Gasteiger partial charge in [0, 0.05) is 49.5 Å². The number of rotatable bonds is 8. The first-order chi connectivity index (χ1) is 14.2. The van der Waals surface area contributed by atoms with Crippen LogP contribution in [0.25, 0.3) is 10.9 Å². The molecule has 7 nitrogen and oxygen atoms in total. The highest BCUT2D eigenvalue weighted by atomic mass is 16.5. The molecule has 1 aliphatic heterocycles. The monoisotopic (exact) mass is 396 g/mol. The molecule has 1 aliphatic carbocycles. The summed E-state index contributed by atoms with van der Waals surface area (Å²) in [7, 11) is 2.09. The minimum Gasteiger partial charge on any atom is -0.491 e. The fraction of sp³-hybridized carbons (Fsp3) is 0.500. The van der Waals surface area contributed by atoms with E-state index in [0.717, 1.165) is 43.5 Å². The number of anilines is 1. The zero-order chi connectivity index (χ0) is 20.1. The Kier molecular flexibility index (Phi) is 6.36. The van der Waals surface area contributed by atoms with Crippen molar-refractivity contribution in [3.05, 3.63) is 36.8 Å². The van der Waals surface area contributed by atoms with Crippen molar-refractivity contribution in [1.82, 2.24) is 14.9 Å². The third-order valence-electron chi connectivity index (χ3n) is 5.51. The SMILES string of the molecule is CN(CC=CC(=O)Nc1cc2cncnc2cc1OCC1CC1)C1CCOCC1. The molecule has 0 unspecified atom stereocenters. The molecule has 1 aromatic carbocycles. The third kappa shape index (κ3) is 5.52. The van der Waals surface area contributed by atoms with Crippen molar-refractivity contribution < 1.29 is 14.3 Å². The van der Waals surface area contributed by atoms with Crippen LogP contribution in [-0.2, 0) is 9.53 Å². The number of likely N-dealkylation sites (N-methyl/N-ethyl adjacent to an activating group) is 1. The van der Waals surface area contributed by atoms with Gasteiger partial charge in [0.2, 0.25) is 5.91 Å². The average molecular weight is 396 g/mol. The second kappa shape index (κ2) is 9.33. The summed E-state index contributed by atoms with van der Waals surface area (Å²) in [5.41, 5.74) is 1.46. The number of fused-ring (bicyclic) bond motifs is 1. The van der Waals surface area contributed by atoms with Gasteiger partial charge in [0.25, 0.3) is 0 Å². The number of amides is 1. The Morgan fingerprint density at radius 3 is 2.93 bits per heavy atom. The molecule has 1 aromatic heterocycles. The average Bonchev–Trinajstić information content (AvgIpc) is 3.57. The van der Waals surface area contributed by atoms with Gasteiger partial charge >= 0.3 is 0 Å². The largest absolute Gasteiger partial charge is 0.491 e. The van der Waals surface area contributed by atoms with E-state index >= 15 is 0 Å². The molecule has 2 heterocycles. The molecule has 0 spiro atoms. The first-order valence-corrected chi connectivity index (χ1v) is 10.3. The number of hydrogen-bond acceptors (Lipinski definition) is 6. The molecule has 1 amide bonds. The fourth-order valence-corrected chi connectivity index (χ4v) is 3.49. The van der Waals surface area contributed by atoms with E-state index in [9.17, 15) is 4.79 Å². The third-order valence-corrected chi connectivity index (χ3v) is 5.51. The van der Waals surface area contributed by atoms with Gasteiger partial charge in [0.05, 0.1) is 17.8 Å². The van der Waals surface area contributed by atoms with E-state index in [1.54, 1.807) is 12.3 Å². The molecule has 29 heavy (non-hydrogen) atoms. The Morgan fingerprint density at radius 1 is 1.31 bits per heavy atom. The van der Waals surface area contributed by atoms with Gasteiger partial charge in [0.15, 0.2) is 0 Å². The summed E-state index contributed by atoms with van der Waals surface area (Å²) in [5.74, 6) is 1.11. The van der Waals surface area contributed by atoms with Gasteiger partial charge in [-0.3, -0.25) is 9.69 Å². The number of benzene rings is 1. The molecule has 1 N–H and O–H groups in total. The molecule has 2 fully saturated rings. The minimum absolute atomic E-state index is 0.169. The minimum atomic E-state index is -0.169. The second-order valence-electron chi connectivity index (χ2n) is 7.86. The Morgan fingerprint density at radius 2 is 2.14 bits per heavy atom. The lowest BCUT2D eigenvalue weighted by Crippen LogP contribution is -2.36. The van der Waals surface area contributed by atoms with Crippen LogP contribution in [0.3, 0.4) is 0 Å². The van der Waals surface area contributed by atoms with Gasteiger partial charge in [-0.2, -0.15) is 0 Å². The number of ether oxygens (including phenoxy) is 2. The predicted molar refractivity (Wildman–Crippen MR) is 112 cm³/mol. The maximum atomic E-state index is 12.5. The number of nitrogens with zero attached hydrogens (tertiary/aromatic N) is 3. The standard InChI is InChI=1S/C22H28N4O3/c1-26(18-6-9-28-10-7-18)8-2-3-22(27)25-20-11-17-13-23-15-24-19(17)12-21(20)29-14-16-4-5-16/h2-3,11-13,15-16,18H,4-10,14H2,1H3,(H,25,27). The lowest BCUT2D eigenvalue weighted by Gasteiger charge is -2.30. The van der Waals surface area contributed by atoms with E-state index in [0.29, 0.717) is 30.0 Å². The van der Waals surface area contributed by atoms with Crippen molar-refractivity contribution in [2.24, 2.45) is 5.92 Å². The fourth-order valence-electron chi connectivity index (χ4n) is 3.49. The molecule has 7 heteroatoms. The highest BCUT2D eigenvalue weighted by Gasteiger charge is 2.23. The summed E-state index contributed by atoms with van der Waals surface area (Å²) < 4.78 is 11.4. The lowest BCUT2D eigenvalue weighted by atomic mass is 10.1. The van der Waals surface area contributed by atoms with Crippen LogP contribution in [0.4, 0.5) is 5.69 Å². The molecule has 0 bridgehead atoms. The summed E-state index contributed by atoms with van der Waals surface area (Å²) in [5, 5.41) is 3.82. The van der Waals surface area contributed by atoms with Crippen LogP contribution in [0.2, 0.25) is 0 Å². The lowest BCUT2D eigenvalue weighted by molar-refractivity contribution is -0.111. The zero-order valence-corrected chi connectivity index (χ0v) is 16.8. The zero-order valence-electron chi connectivity index (χ0n) is 16.8. The Labute approximate surface area is 171 Å². The highest BCUT2D eigenvalue weighted by molar-refractivity contribution is 6.02. The van der Waals surface area contributed by atoms with Crippen LogP contribution in [0.1, 0.15) is 25.7 Å². The Bertz CT molecular complexity index is 875. The maximum absolute atomic E-state index is 12.5. The molecule has 0 radical (unpaired) electrons. The van der Waals surface area contributed by atoms with Crippen LogP contribution in [0.15, 0.2) is 36.8 Å². The van der Waals surface area contributed by atoms with Crippen molar-refractivity contribution in [3.8, 4) is 5.75 Å². The van der Waals surface area contributed by atoms with E-state index in [4.69, 9.17) is 9.47 Å². The molecule has 2 aliphatic rings. The van der Waals surface area contributed by atoms with Crippen molar-refractivity contribution >= 4 is 22.5 Å². The van der Waals surface area contributed by atoms with Gasteiger partial charge in [-0.1, -0.05) is 6.08 Å². The maximum Gasteiger partial charge on any atom is 0.248 e. The number of carbonyl (C=O) groups excluding carboxylic acids is 1. The molecule has 154 valence electrons. The normalized spacial score (nSPS) is 17.9.